The van der Waals surface area contributed by atoms with Crippen LogP contribution < -0.4 is 0 Å². The van der Waals surface area contributed by atoms with Gasteiger partial charge in [0.2, 0.25) is 0 Å². The molecule has 1 aliphatic rings. The standard InChI is InChI=1S/C20H18N4O2/c1-12-16-7-6-15(20(25)26)11-24(16)22-18(12)17-9-14-3-2-8-21-19(14)23(17)10-13-4-5-13/h2-3,6-9,11,13H,4-5,10H2,1H3,(H,25,26). The Morgan fingerprint density at radius 2 is 2.15 bits per heavy atom. The molecule has 1 aliphatic carbocycles. The minimum atomic E-state index is -0.950. The van der Waals surface area contributed by atoms with Crippen LogP contribution >= 0.6 is 0 Å². The van der Waals surface area contributed by atoms with E-state index in [9.17, 15) is 9.90 Å². The minimum Gasteiger partial charge on any atom is -0.478 e. The maximum Gasteiger partial charge on any atom is 0.337 e. The van der Waals surface area contributed by atoms with Crippen molar-refractivity contribution in [1.29, 1.82) is 0 Å². The first-order valence-corrected chi connectivity index (χ1v) is 8.79. The second-order valence-electron chi connectivity index (χ2n) is 7.03. The molecule has 0 atom stereocenters. The van der Waals surface area contributed by atoms with Crippen molar-refractivity contribution in [3.05, 3.63) is 53.9 Å². The lowest BCUT2D eigenvalue weighted by molar-refractivity contribution is 0.0696. The fraction of sp³-hybridized carbons (Fsp3) is 0.250. The number of aromatic nitrogens is 4. The Morgan fingerprint density at radius 3 is 2.92 bits per heavy atom. The molecule has 0 amide bonds. The first-order chi connectivity index (χ1) is 12.6. The Labute approximate surface area is 149 Å². The van der Waals surface area contributed by atoms with Gasteiger partial charge < -0.3 is 9.67 Å². The topological polar surface area (TPSA) is 72.4 Å². The highest BCUT2D eigenvalue weighted by Gasteiger charge is 2.26. The van der Waals surface area contributed by atoms with Gasteiger partial charge in [-0.1, -0.05) is 0 Å². The zero-order chi connectivity index (χ0) is 17.8. The van der Waals surface area contributed by atoms with Crippen molar-refractivity contribution in [1.82, 2.24) is 19.2 Å². The fourth-order valence-electron chi connectivity index (χ4n) is 3.57. The average molecular weight is 346 g/mol. The van der Waals surface area contributed by atoms with Crippen LogP contribution in [-0.4, -0.2) is 30.2 Å². The molecule has 4 aromatic rings. The molecule has 0 spiro atoms. The molecule has 1 saturated carbocycles. The summed E-state index contributed by atoms with van der Waals surface area (Å²) in [5.41, 5.74) is 5.10. The number of carboxylic acid groups (broad SMARTS) is 1. The Morgan fingerprint density at radius 1 is 1.31 bits per heavy atom. The van der Waals surface area contributed by atoms with E-state index in [0.29, 0.717) is 5.92 Å². The molecule has 0 bridgehead atoms. The van der Waals surface area contributed by atoms with E-state index < -0.39 is 5.97 Å². The molecule has 26 heavy (non-hydrogen) atoms. The molecule has 0 unspecified atom stereocenters. The van der Waals surface area contributed by atoms with Gasteiger partial charge in [0, 0.05) is 29.9 Å². The first kappa shape index (κ1) is 15.1. The molecule has 4 heterocycles. The zero-order valence-corrected chi connectivity index (χ0v) is 14.4. The van der Waals surface area contributed by atoms with Crippen LogP contribution in [0.2, 0.25) is 0 Å². The fourth-order valence-corrected chi connectivity index (χ4v) is 3.57. The summed E-state index contributed by atoms with van der Waals surface area (Å²) < 4.78 is 3.93. The molecule has 4 aromatic heterocycles. The summed E-state index contributed by atoms with van der Waals surface area (Å²) in [5.74, 6) is -0.240. The summed E-state index contributed by atoms with van der Waals surface area (Å²) in [6.07, 6.45) is 5.92. The Hall–Kier alpha value is -3.15. The van der Waals surface area contributed by atoms with Crippen molar-refractivity contribution >= 4 is 22.5 Å². The van der Waals surface area contributed by atoms with Gasteiger partial charge in [-0.15, -0.1) is 0 Å². The van der Waals surface area contributed by atoms with E-state index in [2.05, 4.69) is 21.7 Å². The average Bonchev–Trinajstić information content (AvgIpc) is 3.31. The van der Waals surface area contributed by atoms with Gasteiger partial charge in [0.1, 0.15) is 11.3 Å². The van der Waals surface area contributed by atoms with Crippen LogP contribution in [0.1, 0.15) is 28.8 Å². The predicted octanol–water partition coefficient (Wildman–Crippen LogP) is 3.77. The lowest BCUT2D eigenvalue weighted by Crippen LogP contribution is -2.03. The van der Waals surface area contributed by atoms with E-state index >= 15 is 0 Å². The Kier molecular flexibility index (Phi) is 3.16. The third kappa shape index (κ3) is 2.29. The van der Waals surface area contributed by atoms with Crippen LogP contribution in [0.5, 0.6) is 0 Å². The second kappa shape index (κ2) is 5.42. The van der Waals surface area contributed by atoms with E-state index in [1.165, 1.54) is 12.8 Å². The van der Waals surface area contributed by atoms with Gasteiger partial charge in [0.15, 0.2) is 0 Å². The van der Waals surface area contributed by atoms with Crippen LogP contribution in [0.25, 0.3) is 27.9 Å². The lowest BCUT2D eigenvalue weighted by Gasteiger charge is -2.08. The van der Waals surface area contributed by atoms with Crippen molar-refractivity contribution in [2.45, 2.75) is 26.3 Å². The summed E-state index contributed by atoms with van der Waals surface area (Å²) in [4.78, 5) is 15.8. The lowest BCUT2D eigenvalue weighted by atomic mass is 10.1. The number of pyridine rings is 2. The first-order valence-electron chi connectivity index (χ1n) is 8.79. The molecular weight excluding hydrogens is 328 g/mol. The quantitative estimate of drug-likeness (QED) is 0.610. The highest BCUT2D eigenvalue weighted by molar-refractivity contribution is 5.89. The van der Waals surface area contributed by atoms with Crippen LogP contribution in [0, 0.1) is 12.8 Å². The van der Waals surface area contributed by atoms with Crippen molar-refractivity contribution in [3.63, 3.8) is 0 Å². The molecule has 6 nitrogen and oxygen atoms in total. The number of hydrogen-bond donors (Lipinski definition) is 1. The van der Waals surface area contributed by atoms with E-state index in [-0.39, 0.29) is 5.56 Å². The van der Waals surface area contributed by atoms with Gasteiger partial charge in [-0.3, -0.25) is 0 Å². The summed E-state index contributed by atoms with van der Waals surface area (Å²) >= 11 is 0. The van der Waals surface area contributed by atoms with Gasteiger partial charge in [0.25, 0.3) is 0 Å². The van der Waals surface area contributed by atoms with Gasteiger partial charge in [-0.25, -0.2) is 14.3 Å². The molecular formula is C20H18N4O2. The molecule has 6 heteroatoms. The number of hydrogen-bond acceptors (Lipinski definition) is 3. The highest BCUT2D eigenvalue weighted by atomic mass is 16.4. The van der Waals surface area contributed by atoms with Crippen molar-refractivity contribution in [3.8, 4) is 11.4 Å². The van der Waals surface area contributed by atoms with Gasteiger partial charge >= 0.3 is 5.97 Å². The summed E-state index contributed by atoms with van der Waals surface area (Å²) in [6, 6.07) is 9.60. The van der Waals surface area contributed by atoms with E-state index in [0.717, 1.165) is 40.0 Å². The number of nitrogens with zero attached hydrogens (tertiary/aromatic N) is 4. The molecule has 1 N–H and O–H groups in total. The number of fused-ring (bicyclic) bond motifs is 2. The molecule has 0 radical (unpaired) electrons. The monoisotopic (exact) mass is 346 g/mol. The van der Waals surface area contributed by atoms with Crippen LogP contribution in [0.15, 0.2) is 42.7 Å². The third-order valence-corrected chi connectivity index (χ3v) is 5.16. The van der Waals surface area contributed by atoms with Gasteiger partial charge in [-0.2, -0.15) is 5.10 Å². The zero-order valence-electron chi connectivity index (χ0n) is 14.4. The van der Waals surface area contributed by atoms with Gasteiger partial charge in [-0.05, 0) is 56.0 Å². The van der Waals surface area contributed by atoms with Gasteiger partial charge in [0.05, 0.1) is 16.8 Å². The largest absolute Gasteiger partial charge is 0.478 e. The number of carbonyl (C=O) groups is 1. The maximum atomic E-state index is 11.3. The number of carboxylic acids is 1. The Bertz CT molecular complexity index is 1170. The number of rotatable bonds is 4. The van der Waals surface area contributed by atoms with Crippen molar-refractivity contribution < 1.29 is 9.90 Å². The maximum absolute atomic E-state index is 11.3. The molecule has 0 saturated heterocycles. The highest BCUT2D eigenvalue weighted by Crippen LogP contribution is 2.36. The van der Waals surface area contributed by atoms with Crippen LogP contribution in [0.3, 0.4) is 0 Å². The third-order valence-electron chi connectivity index (χ3n) is 5.16. The smallest absolute Gasteiger partial charge is 0.337 e. The minimum absolute atomic E-state index is 0.228. The van der Waals surface area contributed by atoms with E-state index in [1.807, 2.05) is 25.3 Å². The summed E-state index contributed by atoms with van der Waals surface area (Å²) in [6.45, 7) is 2.98. The van der Waals surface area contributed by atoms with Crippen LogP contribution in [-0.2, 0) is 6.54 Å². The van der Waals surface area contributed by atoms with E-state index in [1.54, 1.807) is 16.8 Å². The SMILES string of the molecule is Cc1c(-c2cc3cccnc3n2CC2CC2)nn2cc(C(=O)O)ccc12. The Balaban J connectivity index is 1.74. The summed E-state index contributed by atoms with van der Waals surface area (Å²) in [5, 5.41) is 15.0. The normalized spacial score (nSPS) is 14.3. The summed E-state index contributed by atoms with van der Waals surface area (Å²) in [7, 11) is 0. The van der Waals surface area contributed by atoms with Crippen molar-refractivity contribution in [2.75, 3.05) is 0 Å². The van der Waals surface area contributed by atoms with Crippen molar-refractivity contribution in [2.24, 2.45) is 5.92 Å². The molecule has 130 valence electrons. The predicted molar refractivity (Wildman–Crippen MR) is 98.3 cm³/mol. The molecule has 1 fully saturated rings. The number of aryl methyl sites for hydroxylation is 1. The molecule has 5 rings (SSSR count). The molecule has 0 aliphatic heterocycles. The molecule has 0 aromatic carbocycles. The number of aromatic carboxylic acids is 1. The van der Waals surface area contributed by atoms with Crippen LogP contribution in [0.4, 0.5) is 0 Å². The second-order valence-corrected chi connectivity index (χ2v) is 7.03. The van der Waals surface area contributed by atoms with E-state index in [4.69, 9.17) is 5.10 Å².